The fourth-order valence-electron chi connectivity index (χ4n) is 2.51. The number of carbonyl (C=O) groups excluding carboxylic acids is 1. The molecule has 134 valence electrons. The van der Waals surface area contributed by atoms with Gasteiger partial charge < -0.3 is 21.1 Å². The number of aliphatic hydroxyl groups is 1. The first-order chi connectivity index (χ1) is 11.6. The van der Waals surface area contributed by atoms with E-state index < -0.39 is 11.6 Å². The lowest BCUT2D eigenvalue weighted by atomic mass is 10.1. The molecule has 1 aromatic rings. The summed E-state index contributed by atoms with van der Waals surface area (Å²) in [5.74, 6) is -2.29. The van der Waals surface area contributed by atoms with Crippen molar-refractivity contribution in [3.8, 4) is 0 Å². The Morgan fingerprint density at radius 3 is 2.38 bits per heavy atom. The Morgan fingerprint density at radius 1 is 1.08 bits per heavy atom. The van der Waals surface area contributed by atoms with E-state index in [1.807, 2.05) is 0 Å². The zero-order valence-corrected chi connectivity index (χ0v) is 13.4. The molecule has 0 saturated carbocycles. The Hall–Kier alpha value is -1.61. The molecule has 1 amide bonds. The number of rotatable bonds is 2. The van der Waals surface area contributed by atoms with E-state index in [0.717, 1.165) is 51.2 Å². The summed E-state index contributed by atoms with van der Waals surface area (Å²) in [6.07, 6.45) is 1.39. The topological polar surface area (TPSA) is 85.4 Å². The first-order valence-electron chi connectivity index (χ1n) is 8.15. The molecule has 0 bridgehead atoms. The Labute approximate surface area is 140 Å². The van der Waals surface area contributed by atoms with Gasteiger partial charge in [-0.1, -0.05) is 0 Å². The maximum Gasteiger partial charge on any atom is 0.251 e. The van der Waals surface area contributed by atoms with E-state index in [0.29, 0.717) is 6.54 Å². The average molecular weight is 342 g/mol. The molecule has 0 spiro atoms. The van der Waals surface area contributed by atoms with Crippen LogP contribution in [0.3, 0.4) is 0 Å². The van der Waals surface area contributed by atoms with Crippen LogP contribution in [-0.4, -0.2) is 56.0 Å². The number of piperazine rings is 1. The summed E-state index contributed by atoms with van der Waals surface area (Å²) in [4.78, 5) is 11.8. The Kier molecular flexibility index (Phi) is 7.51. The summed E-state index contributed by atoms with van der Waals surface area (Å²) >= 11 is 0. The van der Waals surface area contributed by atoms with Gasteiger partial charge in [-0.25, -0.2) is 8.78 Å². The van der Waals surface area contributed by atoms with Crippen molar-refractivity contribution in [3.05, 3.63) is 35.4 Å². The molecule has 6 nitrogen and oxygen atoms in total. The number of halogens is 2. The highest BCUT2D eigenvalue weighted by Crippen LogP contribution is 2.10. The molecule has 2 heterocycles. The molecule has 24 heavy (non-hydrogen) atoms. The molecule has 1 atom stereocenters. The number of nitrogens with one attached hydrogen (secondary N) is 4. The van der Waals surface area contributed by atoms with Gasteiger partial charge in [-0.2, -0.15) is 0 Å². The van der Waals surface area contributed by atoms with Gasteiger partial charge >= 0.3 is 0 Å². The van der Waals surface area contributed by atoms with Gasteiger partial charge in [0.1, 0.15) is 6.23 Å². The third-order valence-corrected chi connectivity index (χ3v) is 3.88. The molecule has 2 saturated heterocycles. The minimum atomic E-state index is -0.997. The lowest BCUT2D eigenvalue weighted by molar-refractivity contribution is 0.0929. The lowest BCUT2D eigenvalue weighted by Crippen LogP contribution is -2.47. The SMILES string of the molecule is O=C(NC1CCNCC1)c1ccc(F)c(F)c1.OC1CNCCN1. The maximum absolute atomic E-state index is 13.0. The first kappa shape index (κ1) is 18.7. The normalized spacial score (nSPS) is 21.5. The molecule has 2 fully saturated rings. The van der Waals surface area contributed by atoms with Crippen molar-refractivity contribution < 1.29 is 18.7 Å². The van der Waals surface area contributed by atoms with Crippen LogP contribution in [-0.2, 0) is 0 Å². The summed E-state index contributed by atoms with van der Waals surface area (Å²) in [5.41, 5.74) is 0.155. The van der Waals surface area contributed by atoms with Gasteiger partial charge in [-0.15, -0.1) is 0 Å². The molecule has 2 aliphatic heterocycles. The van der Waals surface area contributed by atoms with Crippen LogP contribution < -0.4 is 21.3 Å². The molecule has 5 N–H and O–H groups in total. The van der Waals surface area contributed by atoms with Crippen LogP contribution >= 0.6 is 0 Å². The Morgan fingerprint density at radius 2 is 1.83 bits per heavy atom. The summed E-state index contributed by atoms with van der Waals surface area (Å²) in [7, 11) is 0. The summed E-state index contributed by atoms with van der Waals surface area (Å²) in [6.45, 7) is 4.25. The summed E-state index contributed by atoms with van der Waals surface area (Å²) in [5, 5.41) is 20.6. The third-order valence-electron chi connectivity index (χ3n) is 3.88. The zero-order chi connectivity index (χ0) is 17.4. The molecule has 1 unspecified atom stereocenters. The number of carbonyl (C=O) groups is 1. The van der Waals surface area contributed by atoms with Gasteiger partial charge in [-0.05, 0) is 44.1 Å². The van der Waals surface area contributed by atoms with E-state index >= 15 is 0 Å². The lowest BCUT2D eigenvalue weighted by Gasteiger charge is -2.23. The van der Waals surface area contributed by atoms with Crippen LogP contribution in [0.15, 0.2) is 18.2 Å². The second kappa shape index (κ2) is 9.63. The van der Waals surface area contributed by atoms with Gasteiger partial charge in [0.2, 0.25) is 0 Å². The number of hydrogen-bond donors (Lipinski definition) is 5. The summed E-state index contributed by atoms with van der Waals surface area (Å²) in [6, 6.07) is 3.28. The van der Waals surface area contributed by atoms with Crippen LogP contribution in [0.4, 0.5) is 8.78 Å². The second-order valence-corrected chi connectivity index (χ2v) is 5.80. The smallest absolute Gasteiger partial charge is 0.251 e. The number of aliphatic hydroxyl groups excluding tert-OH is 1. The van der Waals surface area contributed by atoms with Gasteiger partial charge in [0.05, 0.1) is 0 Å². The minimum absolute atomic E-state index is 0.108. The van der Waals surface area contributed by atoms with Crippen molar-refractivity contribution in [3.63, 3.8) is 0 Å². The molecular formula is C16H24F2N4O2. The Balaban J connectivity index is 0.000000249. The van der Waals surface area contributed by atoms with E-state index in [2.05, 4.69) is 21.3 Å². The van der Waals surface area contributed by atoms with Crippen molar-refractivity contribution in [1.29, 1.82) is 0 Å². The van der Waals surface area contributed by atoms with Crippen LogP contribution in [0.1, 0.15) is 23.2 Å². The molecular weight excluding hydrogens is 318 g/mol. The highest BCUT2D eigenvalue weighted by atomic mass is 19.2. The quantitative estimate of drug-likeness (QED) is 0.520. The highest BCUT2D eigenvalue weighted by molar-refractivity contribution is 5.94. The molecule has 8 heteroatoms. The van der Waals surface area contributed by atoms with Crippen molar-refractivity contribution in [2.75, 3.05) is 32.7 Å². The molecule has 1 aromatic carbocycles. The van der Waals surface area contributed by atoms with E-state index in [1.54, 1.807) is 0 Å². The molecule has 0 aromatic heterocycles. The number of piperidine rings is 1. The van der Waals surface area contributed by atoms with E-state index in [-0.39, 0.29) is 23.7 Å². The molecule has 3 rings (SSSR count). The first-order valence-corrected chi connectivity index (χ1v) is 8.15. The van der Waals surface area contributed by atoms with Crippen LogP contribution in [0.5, 0.6) is 0 Å². The Bertz CT molecular complexity index is 533. The fourth-order valence-corrected chi connectivity index (χ4v) is 2.51. The third kappa shape index (κ3) is 6.12. The number of benzene rings is 1. The van der Waals surface area contributed by atoms with Crippen LogP contribution in [0, 0.1) is 11.6 Å². The molecule has 0 radical (unpaired) electrons. The van der Waals surface area contributed by atoms with Crippen molar-refractivity contribution >= 4 is 5.91 Å². The second-order valence-electron chi connectivity index (χ2n) is 5.80. The highest BCUT2D eigenvalue weighted by Gasteiger charge is 2.17. The van der Waals surface area contributed by atoms with Gasteiger partial charge in [-0.3, -0.25) is 10.1 Å². The summed E-state index contributed by atoms with van der Waals surface area (Å²) < 4.78 is 25.7. The standard InChI is InChI=1S/C12H14F2N2O.C4H10N2O/c13-10-2-1-8(7-11(10)14)12(17)16-9-3-5-15-6-4-9;7-4-3-5-1-2-6-4/h1-2,7,9,15H,3-6H2,(H,16,17);4-7H,1-3H2. The van der Waals surface area contributed by atoms with Gasteiger partial charge in [0, 0.05) is 31.2 Å². The van der Waals surface area contributed by atoms with Crippen molar-refractivity contribution in [1.82, 2.24) is 21.3 Å². The fraction of sp³-hybridized carbons (Fsp3) is 0.562. The maximum atomic E-state index is 13.0. The van der Waals surface area contributed by atoms with Gasteiger partial charge in [0.15, 0.2) is 11.6 Å². The predicted molar refractivity (Wildman–Crippen MR) is 86.6 cm³/mol. The largest absolute Gasteiger partial charge is 0.377 e. The van der Waals surface area contributed by atoms with Crippen molar-refractivity contribution in [2.24, 2.45) is 0 Å². The predicted octanol–water partition coefficient (Wildman–Crippen LogP) is -0.0558. The van der Waals surface area contributed by atoms with Crippen LogP contribution in [0.25, 0.3) is 0 Å². The molecule has 2 aliphatic rings. The average Bonchev–Trinajstić information content (AvgIpc) is 2.59. The molecule has 0 aliphatic carbocycles. The van der Waals surface area contributed by atoms with E-state index in [1.165, 1.54) is 6.07 Å². The van der Waals surface area contributed by atoms with E-state index in [9.17, 15) is 13.6 Å². The van der Waals surface area contributed by atoms with Gasteiger partial charge in [0.25, 0.3) is 5.91 Å². The number of amides is 1. The minimum Gasteiger partial charge on any atom is -0.377 e. The van der Waals surface area contributed by atoms with Crippen LogP contribution in [0.2, 0.25) is 0 Å². The number of β-amino-alcohol motifs (C(OH)–C–C–N with tert-alkyl or cyclic N) is 1. The van der Waals surface area contributed by atoms with Crippen molar-refractivity contribution in [2.45, 2.75) is 25.1 Å². The monoisotopic (exact) mass is 342 g/mol. The zero-order valence-electron chi connectivity index (χ0n) is 13.4. The number of hydrogen-bond acceptors (Lipinski definition) is 5. The van der Waals surface area contributed by atoms with E-state index in [4.69, 9.17) is 5.11 Å².